The second-order valence-corrected chi connectivity index (χ2v) is 14.4. The molecule has 1 N–H and O–H groups in total. The van der Waals surface area contributed by atoms with Crippen LogP contribution in [0.5, 0.6) is 0 Å². The first-order chi connectivity index (χ1) is 18.7. The van der Waals surface area contributed by atoms with E-state index in [1.165, 1.54) is 17.6 Å². The Balaban J connectivity index is 1.32. The van der Waals surface area contributed by atoms with Crippen LogP contribution in [0.15, 0.2) is 105 Å². The van der Waals surface area contributed by atoms with E-state index in [0.29, 0.717) is 25.3 Å². The zero-order valence-electron chi connectivity index (χ0n) is 21.1. The first-order valence-electron chi connectivity index (χ1n) is 12.2. The molecule has 0 amide bonds. The standard InChI is InChI=1S/C27H27N5O4S3/c1-38(33,34)14-12-28-16-22-17-30-27(37-22)32-13-11-20-15-29-18-26(25(20)19-32)31-21-7-9-24(10-8-21)39(35,36)23-5-3-2-4-6-23/h2-11,13,15,17,19-20,28H,12,14,16,18H2,1H3. The van der Waals surface area contributed by atoms with Gasteiger partial charge in [-0.05, 0) is 36.4 Å². The van der Waals surface area contributed by atoms with Crippen LogP contribution in [0.2, 0.25) is 0 Å². The normalized spacial score (nSPS) is 18.3. The first-order valence-corrected chi connectivity index (χ1v) is 16.5. The molecule has 0 spiro atoms. The van der Waals surface area contributed by atoms with Gasteiger partial charge in [0.15, 0.2) is 5.13 Å². The van der Waals surface area contributed by atoms with Crippen molar-refractivity contribution >= 4 is 53.8 Å². The number of thiazole rings is 1. The lowest BCUT2D eigenvalue weighted by Gasteiger charge is -2.26. The van der Waals surface area contributed by atoms with Crippen molar-refractivity contribution < 1.29 is 16.8 Å². The molecular formula is C27H27N5O4S3. The van der Waals surface area contributed by atoms with Gasteiger partial charge in [0.1, 0.15) is 9.84 Å². The summed E-state index contributed by atoms with van der Waals surface area (Å²) in [6, 6.07) is 14.9. The number of benzene rings is 2. The van der Waals surface area contributed by atoms with Gasteiger partial charge in [-0.2, -0.15) is 0 Å². The maximum Gasteiger partial charge on any atom is 0.206 e. The molecule has 2 aromatic carbocycles. The minimum Gasteiger partial charge on any atom is -0.311 e. The van der Waals surface area contributed by atoms with E-state index in [1.807, 2.05) is 29.6 Å². The van der Waals surface area contributed by atoms with E-state index in [2.05, 4.69) is 15.3 Å². The van der Waals surface area contributed by atoms with Crippen molar-refractivity contribution in [1.29, 1.82) is 0 Å². The summed E-state index contributed by atoms with van der Waals surface area (Å²) in [5.41, 5.74) is 2.44. The summed E-state index contributed by atoms with van der Waals surface area (Å²) < 4.78 is 48.4. The van der Waals surface area contributed by atoms with E-state index in [1.54, 1.807) is 60.8 Å². The molecule has 12 heteroatoms. The van der Waals surface area contributed by atoms with Crippen molar-refractivity contribution in [2.45, 2.75) is 16.3 Å². The lowest BCUT2D eigenvalue weighted by Crippen LogP contribution is -2.27. The van der Waals surface area contributed by atoms with Gasteiger partial charge in [-0.25, -0.2) is 21.8 Å². The molecule has 2 aliphatic heterocycles. The van der Waals surface area contributed by atoms with Gasteiger partial charge in [-0.3, -0.25) is 9.98 Å². The van der Waals surface area contributed by atoms with Crippen LogP contribution in [-0.4, -0.2) is 58.8 Å². The maximum atomic E-state index is 12.9. The van der Waals surface area contributed by atoms with Gasteiger partial charge >= 0.3 is 0 Å². The van der Waals surface area contributed by atoms with E-state index in [-0.39, 0.29) is 21.5 Å². The molecule has 0 aliphatic carbocycles. The van der Waals surface area contributed by atoms with E-state index >= 15 is 0 Å². The van der Waals surface area contributed by atoms with E-state index < -0.39 is 19.7 Å². The number of nitrogens with one attached hydrogen (secondary N) is 1. The van der Waals surface area contributed by atoms with Crippen molar-refractivity contribution in [3.63, 3.8) is 0 Å². The molecule has 39 heavy (non-hydrogen) atoms. The molecular weight excluding hydrogens is 555 g/mol. The minimum atomic E-state index is -3.59. The number of allylic oxidation sites excluding steroid dienone is 1. The molecule has 3 aromatic rings. The summed E-state index contributed by atoms with van der Waals surface area (Å²) in [6.07, 6.45) is 10.9. The van der Waals surface area contributed by atoms with Crippen LogP contribution in [0, 0.1) is 5.92 Å². The fourth-order valence-corrected chi connectivity index (χ4v) is 6.72. The Labute approximate surface area is 232 Å². The predicted molar refractivity (Wildman–Crippen MR) is 156 cm³/mol. The third-order valence-corrected chi connectivity index (χ3v) is 9.85. The third kappa shape index (κ3) is 6.59. The maximum absolute atomic E-state index is 12.9. The predicted octanol–water partition coefficient (Wildman–Crippen LogP) is 3.80. The van der Waals surface area contributed by atoms with Gasteiger partial charge in [0, 0.05) is 60.5 Å². The Kier molecular flexibility index (Phi) is 7.89. The van der Waals surface area contributed by atoms with Crippen LogP contribution < -0.4 is 10.2 Å². The number of hydrogen-bond acceptors (Lipinski definition) is 10. The quantitative estimate of drug-likeness (QED) is 0.382. The van der Waals surface area contributed by atoms with Gasteiger partial charge in [0.05, 0.1) is 33.5 Å². The van der Waals surface area contributed by atoms with Crippen LogP contribution >= 0.6 is 11.3 Å². The third-order valence-electron chi connectivity index (χ3n) is 6.11. The Morgan fingerprint density at radius 2 is 1.79 bits per heavy atom. The lowest BCUT2D eigenvalue weighted by atomic mass is 9.92. The SMILES string of the molecule is CS(=O)(=O)CCNCc1cnc(N2C=CC3C=NCC(=Nc4ccc(S(=O)(=O)c5ccccc5)cc4)C3=C2)s1. The summed E-state index contributed by atoms with van der Waals surface area (Å²) in [4.78, 5) is 17.2. The smallest absolute Gasteiger partial charge is 0.206 e. The van der Waals surface area contributed by atoms with Crippen molar-refractivity contribution in [1.82, 2.24) is 10.3 Å². The van der Waals surface area contributed by atoms with E-state index in [4.69, 9.17) is 4.99 Å². The molecule has 1 aromatic heterocycles. The monoisotopic (exact) mass is 581 g/mol. The molecule has 9 nitrogen and oxygen atoms in total. The van der Waals surface area contributed by atoms with Gasteiger partial charge in [0.25, 0.3) is 0 Å². The van der Waals surface area contributed by atoms with Gasteiger partial charge in [0.2, 0.25) is 9.84 Å². The topological polar surface area (TPSA) is 121 Å². The van der Waals surface area contributed by atoms with Gasteiger partial charge in [-0.1, -0.05) is 35.6 Å². The zero-order valence-corrected chi connectivity index (χ0v) is 23.6. The van der Waals surface area contributed by atoms with Crippen LogP contribution in [-0.2, 0) is 26.2 Å². The molecule has 0 fully saturated rings. The van der Waals surface area contributed by atoms with Crippen molar-refractivity contribution in [2.24, 2.45) is 15.9 Å². The number of sulfone groups is 2. The molecule has 5 rings (SSSR count). The fourth-order valence-electron chi connectivity index (χ4n) is 4.09. The highest BCUT2D eigenvalue weighted by molar-refractivity contribution is 7.91. The van der Waals surface area contributed by atoms with E-state index in [0.717, 1.165) is 21.3 Å². The number of fused-ring (bicyclic) bond motifs is 1. The second-order valence-electron chi connectivity index (χ2n) is 9.13. The number of anilines is 1. The molecule has 0 saturated heterocycles. The average molecular weight is 582 g/mol. The summed E-state index contributed by atoms with van der Waals surface area (Å²) in [5.74, 6) is 0.0829. The Morgan fingerprint density at radius 1 is 1.05 bits per heavy atom. The van der Waals surface area contributed by atoms with Crippen LogP contribution in [0.1, 0.15) is 4.88 Å². The molecule has 1 unspecified atom stereocenters. The summed E-state index contributed by atoms with van der Waals surface area (Å²) in [7, 11) is -6.59. The molecule has 1 atom stereocenters. The molecule has 3 heterocycles. The summed E-state index contributed by atoms with van der Waals surface area (Å²) >= 11 is 1.52. The highest BCUT2D eigenvalue weighted by Crippen LogP contribution is 2.31. The van der Waals surface area contributed by atoms with Gasteiger partial charge in [-0.15, -0.1) is 0 Å². The summed E-state index contributed by atoms with van der Waals surface area (Å²) in [5, 5.41) is 3.93. The number of nitrogens with zero attached hydrogens (tertiary/aromatic N) is 4. The molecule has 0 saturated carbocycles. The highest BCUT2D eigenvalue weighted by Gasteiger charge is 2.25. The van der Waals surface area contributed by atoms with Crippen molar-refractivity contribution in [3.05, 3.63) is 89.7 Å². The Morgan fingerprint density at radius 3 is 2.54 bits per heavy atom. The Hall–Kier alpha value is -3.45. The van der Waals surface area contributed by atoms with Crippen molar-refractivity contribution in [2.75, 3.05) is 30.0 Å². The lowest BCUT2D eigenvalue weighted by molar-refractivity contribution is 0.594. The van der Waals surface area contributed by atoms with Crippen LogP contribution in [0.25, 0.3) is 0 Å². The number of rotatable bonds is 9. The molecule has 0 radical (unpaired) electrons. The van der Waals surface area contributed by atoms with Crippen LogP contribution in [0.3, 0.4) is 0 Å². The second kappa shape index (κ2) is 11.3. The largest absolute Gasteiger partial charge is 0.311 e. The molecule has 202 valence electrons. The van der Waals surface area contributed by atoms with Gasteiger partial charge < -0.3 is 10.2 Å². The molecule has 2 aliphatic rings. The van der Waals surface area contributed by atoms with E-state index in [9.17, 15) is 16.8 Å². The van der Waals surface area contributed by atoms with Crippen molar-refractivity contribution in [3.8, 4) is 0 Å². The Bertz CT molecular complexity index is 1670. The minimum absolute atomic E-state index is 0.0106. The summed E-state index contributed by atoms with van der Waals surface area (Å²) in [6.45, 7) is 1.35. The highest BCUT2D eigenvalue weighted by atomic mass is 32.2. The molecule has 0 bridgehead atoms. The average Bonchev–Trinajstić information content (AvgIpc) is 3.40. The number of aromatic nitrogens is 1. The number of aliphatic imine (C=N–C) groups is 2. The fraction of sp³-hybridized carbons (Fsp3) is 0.222. The first kappa shape index (κ1) is 27.1. The zero-order chi connectivity index (χ0) is 27.5. The van der Waals surface area contributed by atoms with Crippen LogP contribution in [0.4, 0.5) is 10.8 Å². The number of hydrogen-bond donors (Lipinski definition) is 1.